The molecule has 2 nitrogen and oxygen atoms in total. The molecule has 0 bridgehead atoms. The summed E-state index contributed by atoms with van der Waals surface area (Å²) in [6.45, 7) is 8.61. The second-order valence-electron chi connectivity index (χ2n) is 3.91. The van der Waals surface area contributed by atoms with Crippen LogP contribution in [-0.4, -0.2) is 30.6 Å². The molecule has 1 saturated heterocycles. The normalized spacial score (nSPS) is 30.4. The van der Waals surface area contributed by atoms with E-state index in [1.54, 1.807) is 0 Å². The zero-order chi connectivity index (χ0) is 9.84. The molecule has 2 unspecified atom stereocenters. The van der Waals surface area contributed by atoms with Crippen molar-refractivity contribution in [3.8, 4) is 0 Å². The van der Waals surface area contributed by atoms with E-state index in [1.807, 2.05) is 0 Å². The molecular weight excluding hydrogens is 184 g/mol. The summed E-state index contributed by atoms with van der Waals surface area (Å²) in [6.07, 6.45) is 2.54. The van der Waals surface area contributed by atoms with Crippen LogP contribution in [-0.2, 0) is 0 Å². The summed E-state index contributed by atoms with van der Waals surface area (Å²) in [5.74, 6) is 0.690. The molecular formula is C10H19ClN2. The van der Waals surface area contributed by atoms with Gasteiger partial charge in [0, 0.05) is 24.2 Å². The molecule has 1 aliphatic rings. The highest BCUT2D eigenvalue weighted by atomic mass is 35.5. The van der Waals surface area contributed by atoms with Gasteiger partial charge in [-0.3, -0.25) is 4.90 Å². The van der Waals surface area contributed by atoms with Crippen LogP contribution in [0.2, 0.25) is 0 Å². The predicted octanol–water partition coefficient (Wildman–Crippen LogP) is 1.80. The highest BCUT2D eigenvalue weighted by Crippen LogP contribution is 2.23. The molecule has 0 aromatic heterocycles. The minimum Gasteiger partial charge on any atom is -0.329 e. The van der Waals surface area contributed by atoms with Gasteiger partial charge in [-0.15, -0.1) is 0 Å². The van der Waals surface area contributed by atoms with Crippen LogP contribution in [0, 0.1) is 5.92 Å². The molecule has 0 amide bonds. The fourth-order valence-electron chi connectivity index (χ4n) is 2.13. The summed E-state index contributed by atoms with van der Waals surface area (Å²) < 4.78 is 0. The van der Waals surface area contributed by atoms with E-state index in [1.165, 1.54) is 12.8 Å². The van der Waals surface area contributed by atoms with Gasteiger partial charge in [0.05, 0.1) is 0 Å². The van der Waals surface area contributed by atoms with Gasteiger partial charge in [-0.25, -0.2) is 0 Å². The van der Waals surface area contributed by atoms with Crippen molar-refractivity contribution in [2.75, 3.05) is 19.6 Å². The van der Waals surface area contributed by atoms with Crippen molar-refractivity contribution < 1.29 is 0 Å². The second-order valence-corrected chi connectivity index (χ2v) is 4.44. The lowest BCUT2D eigenvalue weighted by Crippen LogP contribution is -2.48. The molecule has 0 spiro atoms. The standard InChI is InChI=1S/C10H19ClN2/c1-8-4-3-5-13(7-9(2)11)10(8)6-12/h8,10H,2-7,12H2,1H3. The minimum absolute atomic E-state index is 0.490. The van der Waals surface area contributed by atoms with E-state index in [9.17, 15) is 0 Å². The van der Waals surface area contributed by atoms with Crippen molar-refractivity contribution in [3.05, 3.63) is 11.6 Å². The van der Waals surface area contributed by atoms with Gasteiger partial charge in [-0.05, 0) is 25.3 Å². The molecule has 0 saturated carbocycles. The van der Waals surface area contributed by atoms with Crippen molar-refractivity contribution in [3.63, 3.8) is 0 Å². The van der Waals surface area contributed by atoms with Crippen LogP contribution in [0.1, 0.15) is 19.8 Å². The monoisotopic (exact) mass is 202 g/mol. The molecule has 0 aliphatic carbocycles. The average molecular weight is 203 g/mol. The fourth-order valence-corrected chi connectivity index (χ4v) is 2.29. The molecule has 76 valence electrons. The third-order valence-corrected chi connectivity index (χ3v) is 2.97. The largest absolute Gasteiger partial charge is 0.329 e. The number of rotatable bonds is 3. The van der Waals surface area contributed by atoms with E-state index in [4.69, 9.17) is 17.3 Å². The van der Waals surface area contributed by atoms with Crippen LogP contribution >= 0.6 is 11.6 Å². The first-order valence-corrected chi connectivity index (χ1v) is 5.30. The van der Waals surface area contributed by atoms with Crippen LogP contribution in [0.15, 0.2) is 11.6 Å². The lowest BCUT2D eigenvalue weighted by molar-refractivity contribution is 0.119. The van der Waals surface area contributed by atoms with Gasteiger partial charge >= 0.3 is 0 Å². The number of halogens is 1. The number of likely N-dealkylation sites (tertiary alicyclic amines) is 1. The summed E-state index contributed by atoms with van der Waals surface area (Å²) >= 11 is 5.80. The first kappa shape index (κ1) is 11.0. The molecule has 0 aromatic carbocycles. The van der Waals surface area contributed by atoms with Crippen molar-refractivity contribution in [2.45, 2.75) is 25.8 Å². The van der Waals surface area contributed by atoms with Crippen LogP contribution in [0.3, 0.4) is 0 Å². The maximum absolute atomic E-state index is 5.80. The average Bonchev–Trinajstić information content (AvgIpc) is 2.03. The molecule has 0 aromatic rings. The highest BCUT2D eigenvalue weighted by Gasteiger charge is 2.26. The number of piperidine rings is 1. The maximum atomic E-state index is 5.80. The van der Waals surface area contributed by atoms with Crippen molar-refractivity contribution in [2.24, 2.45) is 11.7 Å². The molecule has 2 atom stereocenters. The second kappa shape index (κ2) is 4.99. The third-order valence-electron chi connectivity index (χ3n) is 2.85. The van der Waals surface area contributed by atoms with Gasteiger partial charge in [0.2, 0.25) is 0 Å². The summed E-state index contributed by atoms with van der Waals surface area (Å²) in [5, 5.41) is 0.715. The van der Waals surface area contributed by atoms with E-state index < -0.39 is 0 Å². The Morgan fingerprint density at radius 1 is 1.69 bits per heavy atom. The molecule has 13 heavy (non-hydrogen) atoms. The Kier molecular flexibility index (Phi) is 4.23. The van der Waals surface area contributed by atoms with Gasteiger partial charge in [0.15, 0.2) is 0 Å². The van der Waals surface area contributed by atoms with Crippen molar-refractivity contribution >= 4 is 11.6 Å². The maximum Gasteiger partial charge on any atom is 0.0339 e. The zero-order valence-corrected chi connectivity index (χ0v) is 9.06. The first-order chi connectivity index (χ1) is 6.15. The lowest BCUT2D eigenvalue weighted by Gasteiger charge is -2.39. The van der Waals surface area contributed by atoms with Crippen molar-refractivity contribution in [1.29, 1.82) is 0 Å². The number of nitrogens with two attached hydrogens (primary N) is 1. The molecule has 0 radical (unpaired) electrons. The number of hydrogen-bond donors (Lipinski definition) is 1. The first-order valence-electron chi connectivity index (χ1n) is 4.92. The summed E-state index contributed by atoms with van der Waals surface area (Å²) in [7, 11) is 0. The molecule has 1 rings (SSSR count). The predicted molar refractivity (Wildman–Crippen MR) is 57.8 cm³/mol. The van der Waals surface area contributed by atoms with Gasteiger partial charge in [-0.2, -0.15) is 0 Å². The summed E-state index contributed by atoms with van der Waals surface area (Å²) in [4.78, 5) is 2.35. The molecule has 1 aliphatic heterocycles. The number of hydrogen-bond acceptors (Lipinski definition) is 2. The van der Waals surface area contributed by atoms with Crippen LogP contribution in [0.5, 0.6) is 0 Å². The quantitative estimate of drug-likeness (QED) is 0.757. The van der Waals surface area contributed by atoms with Crippen LogP contribution < -0.4 is 5.73 Å². The van der Waals surface area contributed by atoms with Gasteiger partial charge in [-0.1, -0.05) is 25.1 Å². The highest BCUT2D eigenvalue weighted by molar-refractivity contribution is 6.29. The Morgan fingerprint density at radius 2 is 2.38 bits per heavy atom. The third kappa shape index (κ3) is 2.97. The van der Waals surface area contributed by atoms with Crippen LogP contribution in [0.4, 0.5) is 0 Å². The number of nitrogens with zero attached hydrogens (tertiary/aromatic N) is 1. The lowest BCUT2D eigenvalue weighted by atomic mass is 9.91. The van der Waals surface area contributed by atoms with Gasteiger partial charge in [0.1, 0.15) is 0 Å². The molecule has 1 fully saturated rings. The Morgan fingerprint density at radius 3 is 2.92 bits per heavy atom. The van der Waals surface area contributed by atoms with E-state index >= 15 is 0 Å². The van der Waals surface area contributed by atoms with E-state index in [2.05, 4.69) is 18.4 Å². The SMILES string of the molecule is C=C(Cl)CN1CCCC(C)C1CN. The molecule has 3 heteroatoms. The fraction of sp³-hybridized carbons (Fsp3) is 0.800. The van der Waals surface area contributed by atoms with E-state index in [0.29, 0.717) is 17.0 Å². The molecule has 2 N–H and O–H groups in total. The van der Waals surface area contributed by atoms with E-state index in [-0.39, 0.29) is 0 Å². The topological polar surface area (TPSA) is 29.3 Å². The zero-order valence-electron chi connectivity index (χ0n) is 8.30. The van der Waals surface area contributed by atoms with Gasteiger partial charge in [0.25, 0.3) is 0 Å². The smallest absolute Gasteiger partial charge is 0.0339 e. The molecule has 1 heterocycles. The van der Waals surface area contributed by atoms with E-state index in [0.717, 1.165) is 19.6 Å². The Hall–Kier alpha value is -0.0500. The van der Waals surface area contributed by atoms with Crippen molar-refractivity contribution in [1.82, 2.24) is 4.90 Å². The Labute approximate surface area is 85.7 Å². The Bertz CT molecular complexity index is 182. The van der Waals surface area contributed by atoms with Gasteiger partial charge < -0.3 is 5.73 Å². The summed E-state index contributed by atoms with van der Waals surface area (Å²) in [5.41, 5.74) is 5.75. The minimum atomic E-state index is 0.490. The summed E-state index contributed by atoms with van der Waals surface area (Å²) in [6, 6.07) is 0.490. The Balaban J connectivity index is 2.53. The van der Waals surface area contributed by atoms with Crippen LogP contribution in [0.25, 0.3) is 0 Å².